The van der Waals surface area contributed by atoms with E-state index in [9.17, 15) is 0 Å². The minimum absolute atomic E-state index is 0.643. The summed E-state index contributed by atoms with van der Waals surface area (Å²) in [6, 6.07) is 5.73. The molecule has 0 aliphatic rings. The van der Waals surface area contributed by atoms with Crippen molar-refractivity contribution in [1.82, 2.24) is 0 Å². The molecule has 13 heavy (non-hydrogen) atoms. The molecule has 0 fully saturated rings. The lowest BCUT2D eigenvalue weighted by Crippen LogP contribution is -2.00. The highest BCUT2D eigenvalue weighted by Crippen LogP contribution is 2.29. The van der Waals surface area contributed by atoms with Crippen LogP contribution >= 0.6 is 23.4 Å². The van der Waals surface area contributed by atoms with E-state index >= 15 is 0 Å². The van der Waals surface area contributed by atoms with E-state index in [2.05, 4.69) is 0 Å². The molecular formula is C9H12ClNOS. The van der Waals surface area contributed by atoms with Crippen LogP contribution in [-0.2, 0) is 0 Å². The quantitative estimate of drug-likeness (QED) is 0.787. The van der Waals surface area contributed by atoms with Crippen molar-refractivity contribution in [3.05, 3.63) is 23.2 Å². The summed E-state index contributed by atoms with van der Waals surface area (Å²) in [4.78, 5) is 1.12. The fourth-order valence-electron chi connectivity index (χ4n) is 0.914. The zero-order valence-corrected chi connectivity index (χ0v) is 8.99. The Morgan fingerprint density at radius 2 is 2.31 bits per heavy atom. The molecule has 4 heteroatoms. The van der Waals surface area contributed by atoms with E-state index in [0.29, 0.717) is 17.3 Å². The Labute approximate surface area is 87.4 Å². The van der Waals surface area contributed by atoms with Crippen molar-refractivity contribution in [2.45, 2.75) is 4.90 Å². The van der Waals surface area contributed by atoms with E-state index in [1.807, 2.05) is 18.2 Å². The summed E-state index contributed by atoms with van der Waals surface area (Å²) in [7, 11) is 1.61. The monoisotopic (exact) mass is 217 g/mol. The maximum absolute atomic E-state index is 5.94. The van der Waals surface area contributed by atoms with Gasteiger partial charge in [-0.3, -0.25) is 0 Å². The van der Waals surface area contributed by atoms with Crippen LogP contribution in [0.4, 0.5) is 0 Å². The molecule has 0 amide bonds. The fraction of sp³-hybridized carbons (Fsp3) is 0.333. The smallest absolute Gasteiger partial charge is 0.137 e. The van der Waals surface area contributed by atoms with Crippen LogP contribution in [0.15, 0.2) is 23.1 Å². The summed E-state index contributed by atoms with van der Waals surface area (Å²) < 4.78 is 5.04. The average Bonchev–Trinajstić information content (AvgIpc) is 2.15. The molecule has 0 spiro atoms. The van der Waals surface area contributed by atoms with Gasteiger partial charge in [0.15, 0.2) is 0 Å². The molecule has 0 saturated carbocycles. The van der Waals surface area contributed by atoms with Gasteiger partial charge in [0.1, 0.15) is 5.75 Å². The van der Waals surface area contributed by atoms with Gasteiger partial charge < -0.3 is 10.5 Å². The summed E-state index contributed by atoms with van der Waals surface area (Å²) in [5.41, 5.74) is 5.39. The summed E-state index contributed by atoms with van der Waals surface area (Å²) in [5, 5.41) is 0.643. The van der Waals surface area contributed by atoms with Gasteiger partial charge >= 0.3 is 0 Å². The zero-order chi connectivity index (χ0) is 9.68. The van der Waals surface area contributed by atoms with Crippen LogP contribution in [0.25, 0.3) is 0 Å². The molecule has 1 aromatic rings. The van der Waals surface area contributed by atoms with Crippen LogP contribution in [0.5, 0.6) is 5.75 Å². The van der Waals surface area contributed by atoms with Gasteiger partial charge in [-0.05, 0) is 18.2 Å². The standard InChI is InChI=1S/C9H12ClNOS/c1-12-9-3-2-7(6-8(9)10)13-5-4-11/h2-3,6H,4-5,11H2,1H3. The van der Waals surface area contributed by atoms with Crippen molar-refractivity contribution in [1.29, 1.82) is 0 Å². The lowest BCUT2D eigenvalue weighted by Gasteiger charge is -2.04. The lowest BCUT2D eigenvalue weighted by molar-refractivity contribution is 0.414. The molecule has 0 saturated heterocycles. The third-order valence-electron chi connectivity index (χ3n) is 1.51. The fourth-order valence-corrected chi connectivity index (χ4v) is 1.96. The first kappa shape index (κ1) is 10.7. The van der Waals surface area contributed by atoms with Crippen LogP contribution in [0, 0.1) is 0 Å². The number of rotatable bonds is 4. The van der Waals surface area contributed by atoms with Gasteiger partial charge in [-0.1, -0.05) is 11.6 Å². The Morgan fingerprint density at radius 3 is 2.85 bits per heavy atom. The molecule has 2 N–H and O–H groups in total. The number of ether oxygens (including phenoxy) is 1. The number of thioether (sulfide) groups is 1. The molecule has 0 heterocycles. The van der Waals surface area contributed by atoms with Gasteiger partial charge in [-0.25, -0.2) is 0 Å². The van der Waals surface area contributed by atoms with E-state index in [-0.39, 0.29) is 0 Å². The van der Waals surface area contributed by atoms with E-state index in [4.69, 9.17) is 22.1 Å². The predicted molar refractivity (Wildman–Crippen MR) is 57.8 cm³/mol. The van der Waals surface area contributed by atoms with Gasteiger partial charge in [0, 0.05) is 17.2 Å². The van der Waals surface area contributed by atoms with Crippen LogP contribution in [0.3, 0.4) is 0 Å². The number of benzene rings is 1. The van der Waals surface area contributed by atoms with Crippen molar-refractivity contribution in [2.75, 3.05) is 19.4 Å². The van der Waals surface area contributed by atoms with Crippen molar-refractivity contribution >= 4 is 23.4 Å². The number of methoxy groups -OCH3 is 1. The van der Waals surface area contributed by atoms with Crippen molar-refractivity contribution < 1.29 is 4.74 Å². The minimum Gasteiger partial charge on any atom is -0.495 e. The minimum atomic E-state index is 0.643. The Kier molecular flexibility index (Phi) is 4.42. The van der Waals surface area contributed by atoms with Gasteiger partial charge in [-0.15, -0.1) is 11.8 Å². The second kappa shape index (κ2) is 5.37. The Bertz CT molecular complexity index is 280. The number of hydrogen-bond donors (Lipinski definition) is 1. The topological polar surface area (TPSA) is 35.2 Å². The highest BCUT2D eigenvalue weighted by Gasteiger charge is 2.01. The number of nitrogens with two attached hydrogens (primary N) is 1. The van der Waals surface area contributed by atoms with Gasteiger partial charge in [0.25, 0.3) is 0 Å². The van der Waals surface area contributed by atoms with Gasteiger partial charge in [0.2, 0.25) is 0 Å². The summed E-state index contributed by atoms with van der Waals surface area (Å²) in [6.45, 7) is 0.675. The largest absolute Gasteiger partial charge is 0.495 e. The predicted octanol–water partition coefficient (Wildman–Crippen LogP) is 2.40. The third kappa shape index (κ3) is 3.10. The van der Waals surface area contributed by atoms with E-state index in [1.165, 1.54) is 0 Å². The molecule has 72 valence electrons. The van der Waals surface area contributed by atoms with Crippen LogP contribution < -0.4 is 10.5 Å². The molecule has 0 aliphatic heterocycles. The Morgan fingerprint density at radius 1 is 1.54 bits per heavy atom. The maximum Gasteiger partial charge on any atom is 0.137 e. The van der Waals surface area contributed by atoms with E-state index < -0.39 is 0 Å². The van der Waals surface area contributed by atoms with Crippen LogP contribution in [0.2, 0.25) is 5.02 Å². The molecular weight excluding hydrogens is 206 g/mol. The van der Waals surface area contributed by atoms with Crippen molar-refractivity contribution in [2.24, 2.45) is 5.73 Å². The molecule has 0 unspecified atom stereocenters. The molecule has 0 aromatic heterocycles. The second-order valence-electron chi connectivity index (χ2n) is 2.43. The third-order valence-corrected chi connectivity index (χ3v) is 2.83. The van der Waals surface area contributed by atoms with Crippen molar-refractivity contribution in [3.8, 4) is 5.75 Å². The molecule has 2 nitrogen and oxygen atoms in total. The second-order valence-corrected chi connectivity index (χ2v) is 4.01. The Hall–Kier alpha value is -0.380. The normalized spacial score (nSPS) is 10.1. The Balaban J connectivity index is 2.71. The molecule has 1 aromatic carbocycles. The summed E-state index contributed by atoms with van der Waals surface area (Å²) in [5.74, 6) is 1.61. The van der Waals surface area contributed by atoms with Crippen molar-refractivity contribution in [3.63, 3.8) is 0 Å². The van der Waals surface area contributed by atoms with E-state index in [0.717, 1.165) is 10.6 Å². The molecule has 0 radical (unpaired) electrons. The first-order chi connectivity index (χ1) is 6.27. The number of hydrogen-bond acceptors (Lipinski definition) is 3. The SMILES string of the molecule is COc1ccc(SCCN)cc1Cl. The number of halogens is 1. The van der Waals surface area contributed by atoms with Gasteiger partial charge in [0.05, 0.1) is 12.1 Å². The highest BCUT2D eigenvalue weighted by atomic mass is 35.5. The summed E-state index contributed by atoms with van der Waals surface area (Å²) in [6.07, 6.45) is 0. The lowest BCUT2D eigenvalue weighted by atomic mass is 10.3. The van der Waals surface area contributed by atoms with Gasteiger partial charge in [-0.2, -0.15) is 0 Å². The zero-order valence-electron chi connectivity index (χ0n) is 7.42. The molecule has 0 atom stereocenters. The average molecular weight is 218 g/mol. The molecule has 0 bridgehead atoms. The first-order valence-electron chi connectivity index (χ1n) is 3.94. The highest BCUT2D eigenvalue weighted by molar-refractivity contribution is 7.99. The van der Waals surface area contributed by atoms with Crippen LogP contribution in [-0.4, -0.2) is 19.4 Å². The van der Waals surface area contributed by atoms with Crippen LogP contribution in [0.1, 0.15) is 0 Å². The first-order valence-corrected chi connectivity index (χ1v) is 5.30. The molecule has 1 rings (SSSR count). The van der Waals surface area contributed by atoms with E-state index in [1.54, 1.807) is 18.9 Å². The molecule has 0 aliphatic carbocycles. The maximum atomic E-state index is 5.94. The summed E-state index contributed by atoms with van der Waals surface area (Å²) >= 11 is 7.63.